The highest BCUT2D eigenvalue weighted by Crippen LogP contribution is 2.25. The van der Waals surface area contributed by atoms with Gasteiger partial charge in [0.05, 0.1) is 5.69 Å². The molecule has 4 heteroatoms. The zero-order valence-corrected chi connectivity index (χ0v) is 8.61. The molecule has 0 radical (unpaired) electrons. The van der Waals surface area contributed by atoms with Crippen LogP contribution in [0.2, 0.25) is 0 Å². The molecule has 1 aromatic rings. The van der Waals surface area contributed by atoms with Gasteiger partial charge in [0.2, 0.25) is 0 Å². The van der Waals surface area contributed by atoms with Gasteiger partial charge in [-0.2, -0.15) is 0 Å². The molecule has 0 unspecified atom stereocenters. The molecule has 0 bridgehead atoms. The van der Waals surface area contributed by atoms with E-state index in [9.17, 15) is 4.39 Å². The average molecular weight is 212 g/mol. The maximum Gasteiger partial charge on any atom is 0.147 e. The Labute approximate surface area is 87.2 Å². The van der Waals surface area contributed by atoms with Crippen molar-refractivity contribution in [2.24, 2.45) is 0 Å². The largest absolute Gasteiger partial charge is 0.396 e. The molecule has 0 heterocycles. The van der Waals surface area contributed by atoms with E-state index in [0.717, 1.165) is 4.90 Å². The summed E-state index contributed by atoms with van der Waals surface area (Å²) >= 11 is 1.48. The van der Waals surface area contributed by atoms with Crippen molar-refractivity contribution in [2.45, 2.75) is 30.2 Å². The van der Waals surface area contributed by atoms with Crippen molar-refractivity contribution < 1.29 is 4.39 Å². The first kappa shape index (κ1) is 9.80. The van der Waals surface area contributed by atoms with Gasteiger partial charge in [0.1, 0.15) is 5.82 Å². The summed E-state index contributed by atoms with van der Waals surface area (Å²) in [5, 5.41) is 0. The summed E-state index contributed by atoms with van der Waals surface area (Å²) in [6, 6.07) is 5.49. The third-order valence-corrected chi connectivity index (χ3v) is 3.36. The first-order valence-electron chi connectivity index (χ1n) is 4.73. The van der Waals surface area contributed by atoms with Gasteiger partial charge in [0, 0.05) is 10.9 Å². The molecule has 76 valence electrons. The number of halogens is 1. The first-order valence-corrected chi connectivity index (χ1v) is 5.55. The van der Waals surface area contributed by atoms with Crippen LogP contribution in [0.1, 0.15) is 19.3 Å². The maximum absolute atomic E-state index is 13.0. The fourth-order valence-corrected chi connectivity index (χ4v) is 2.09. The highest BCUT2D eigenvalue weighted by molar-refractivity contribution is 7.97. The molecule has 0 saturated heterocycles. The molecule has 0 amide bonds. The van der Waals surface area contributed by atoms with Crippen LogP contribution in [0.25, 0.3) is 0 Å². The minimum atomic E-state index is -0.342. The zero-order chi connectivity index (χ0) is 9.97. The Morgan fingerprint density at radius 3 is 2.79 bits per heavy atom. The summed E-state index contributed by atoms with van der Waals surface area (Å²) in [6.45, 7) is 0. The number of nitrogen functional groups attached to an aromatic ring is 1. The van der Waals surface area contributed by atoms with Gasteiger partial charge in [-0.1, -0.05) is 6.42 Å². The number of benzene rings is 1. The van der Waals surface area contributed by atoms with E-state index in [-0.39, 0.29) is 11.5 Å². The van der Waals surface area contributed by atoms with Gasteiger partial charge in [-0.25, -0.2) is 4.39 Å². The molecule has 2 nitrogen and oxygen atoms in total. The van der Waals surface area contributed by atoms with Crippen LogP contribution in [0.3, 0.4) is 0 Å². The molecule has 2 rings (SSSR count). The van der Waals surface area contributed by atoms with Crippen LogP contribution in [-0.2, 0) is 0 Å². The second-order valence-corrected chi connectivity index (χ2v) is 4.44. The van der Waals surface area contributed by atoms with Crippen molar-refractivity contribution in [3.8, 4) is 0 Å². The van der Waals surface area contributed by atoms with E-state index in [2.05, 4.69) is 4.72 Å². The van der Waals surface area contributed by atoms with Crippen LogP contribution in [-0.4, -0.2) is 6.04 Å². The predicted octanol–water partition coefficient (Wildman–Crippen LogP) is 2.56. The molecule has 0 atom stereocenters. The number of nitrogens with two attached hydrogens (primary N) is 1. The second kappa shape index (κ2) is 4.19. The number of nitrogens with one attached hydrogen (secondary N) is 1. The smallest absolute Gasteiger partial charge is 0.147 e. The SMILES string of the molecule is Nc1ccc(SNC2CCC2)cc1F. The van der Waals surface area contributed by atoms with E-state index in [4.69, 9.17) is 5.73 Å². The molecule has 1 aliphatic carbocycles. The number of hydrogen-bond donors (Lipinski definition) is 2. The van der Waals surface area contributed by atoms with Gasteiger partial charge >= 0.3 is 0 Å². The number of rotatable bonds is 3. The van der Waals surface area contributed by atoms with E-state index in [0.29, 0.717) is 6.04 Å². The molecule has 0 spiro atoms. The van der Waals surface area contributed by atoms with Crippen molar-refractivity contribution in [1.82, 2.24) is 4.72 Å². The van der Waals surface area contributed by atoms with E-state index < -0.39 is 0 Å². The van der Waals surface area contributed by atoms with Gasteiger partial charge in [-0.3, -0.25) is 4.72 Å². The lowest BCUT2D eigenvalue weighted by molar-refractivity contribution is 0.395. The highest BCUT2D eigenvalue weighted by atomic mass is 32.2. The Bertz CT molecular complexity index is 326. The van der Waals surface area contributed by atoms with Crippen LogP contribution in [0, 0.1) is 5.82 Å². The normalized spacial score (nSPS) is 16.6. The minimum absolute atomic E-state index is 0.206. The summed E-state index contributed by atoms with van der Waals surface area (Å²) in [5.74, 6) is -0.342. The minimum Gasteiger partial charge on any atom is -0.396 e. The average Bonchev–Trinajstić information content (AvgIpc) is 2.08. The lowest BCUT2D eigenvalue weighted by Crippen LogP contribution is -2.29. The summed E-state index contributed by atoms with van der Waals surface area (Å²) in [4.78, 5) is 0.878. The second-order valence-electron chi connectivity index (χ2n) is 3.53. The highest BCUT2D eigenvalue weighted by Gasteiger charge is 2.16. The summed E-state index contributed by atoms with van der Waals surface area (Å²) in [6.07, 6.45) is 3.75. The summed E-state index contributed by atoms with van der Waals surface area (Å²) in [7, 11) is 0. The standard InChI is InChI=1S/C10H13FN2S/c11-9-6-8(4-5-10(9)12)14-13-7-2-1-3-7/h4-7,13H,1-3,12H2. The topological polar surface area (TPSA) is 38.0 Å². The van der Waals surface area contributed by atoms with Crippen LogP contribution < -0.4 is 10.5 Å². The van der Waals surface area contributed by atoms with Crippen molar-refractivity contribution in [1.29, 1.82) is 0 Å². The predicted molar refractivity (Wildman–Crippen MR) is 57.4 cm³/mol. The molecule has 0 aromatic heterocycles. The first-order chi connectivity index (χ1) is 6.75. The van der Waals surface area contributed by atoms with E-state index in [1.165, 1.54) is 37.3 Å². The van der Waals surface area contributed by atoms with Crippen molar-refractivity contribution >= 4 is 17.6 Å². The lowest BCUT2D eigenvalue weighted by Gasteiger charge is -2.25. The van der Waals surface area contributed by atoms with Crippen molar-refractivity contribution in [3.63, 3.8) is 0 Å². The van der Waals surface area contributed by atoms with E-state index >= 15 is 0 Å². The van der Waals surface area contributed by atoms with Crippen molar-refractivity contribution in [3.05, 3.63) is 24.0 Å². The van der Waals surface area contributed by atoms with Gasteiger partial charge in [-0.15, -0.1) is 0 Å². The quantitative estimate of drug-likeness (QED) is 0.597. The fraction of sp³-hybridized carbons (Fsp3) is 0.400. The number of hydrogen-bond acceptors (Lipinski definition) is 3. The van der Waals surface area contributed by atoms with Crippen LogP contribution >= 0.6 is 11.9 Å². The molecule has 1 fully saturated rings. The molecule has 0 aliphatic heterocycles. The molecule has 1 saturated carbocycles. The number of anilines is 1. The Kier molecular flexibility index (Phi) is 2.93. The van der Waals surface area contributed by atoms with Crippen molar-refractivity contribution in [2.75, 3.05) is 5.73 Å². The maximum atomic E-state index is 13.0. The monoisotopic (exact) mass is 212 g/mol. The molecule has 1 aliphatic rings. The van der Waals surface area contributed by atoms with Gasteiger partial charge in [0.15, 0.2) is 0 Å². The molecular formula is C10H13FN2S. The Hall–Kier alpha value is -0.740. The zero-order valence-electron chi connectivity index (χ0n) is 7.79. The lowest BCUT2D eigenvalue weighted by atomic mass is 9.94. The third kappa shape index (κ3) is 2.19. The Balaban J connectivity index is 1.91. The Morgan fingerprint density at radius 1 is 1.43 bits per heavy atom. The van der Waals surface area contributed by atoms with Gasteiger partial charge in [-0.05, 0) is 43.0 Å². The van der Waals surface area contributed by atoms with Crippen LogP contribution in [0.4, 0.5) is 10.1 Å². The van der Waals surface area contributed by atoms with E-state index in [1.54, 1.807) is 6.07 Å². The molecule has 3 N–H and O–H groups in total. The third-order valence-electron chi connectivity index (χ3n) is 2.42. The fourth-order valence-electron chi connectivity index (χ4n) is 1.25. The van der Waals surface area contributed by atoms with E-state index in [1.807, 2.05) is 6.07 Å². The van der Waals surface area contributed by atoms with Crippen LogP contribution in [0.15, 0.2) is 23.1 Å². The Morgan fingerprint density at radius 2 is 2.21 bits per heavy atom. The summed E-state index contributed by atoms with van der Waals surface area (Å²) < 4.78 is 16.3. The molecular weight excluding hydrogens is 199 g/mol. The molecule has 1 aromatic carbocycles. The molecule has 14 heavy (non-hydrogen) atoms. The van der Waals surface area contributed by atoms with Crippen LogP contribution in [0.5, 0.6) is 0 Å². The van der Waals surface area contributed by atoms with Gasteiger partial charge < -0.3 is 5.73 Å². The summed E-state index contributed by atoms with van der Waals surface area (Å²) in [5.41, 5.74) is 5.58. The van der Waals surface area contributed by atoms with Gasteiger partial charge in [0.25, 0.3) is 0 Å².